The summed E-state index contributed by atoms with van der Waals surface area (Å²) >= 11 is 0. The van der Waals surface area contributed by atoms with Crippen molar-refractivity contribution >= 4 is 17.9 Å². The molecule has 0 aromatic heterocycles. The predicted molar refractivity (Wildman–Crippen MR) is 90.1 cm³/mol. The summed E-state index contributed by atoms with van der Waals surface area (Å²) in [5.74, 6) is -1.14. The molecule has 2 N–H and O–H groups in total. The number of hydrogen-bond acceptors (Lipinski definition) is 5. The average Bonchev–Trinajstić information content (AvgIpc) is 2.54. The lowest BCUT2D eigenvalue weighted by Gasteiger charge is -2.24. The van der Waals surface area contributed by atoms with Gasteiger partial charge in [0.1, 0.15) is 0 Å². The molecule has 0 fully saturated rings. The van der Waals surface area contributed by atoms with Crippen molar-refractivity contribution in [2.45, 2.75) is 20.4 Å². The van der Waals surface area contributed by atoms with Gasteiger partial charge in [0.2, 0.25) is 5.91 Å². The molecule has 1 aromatic carbocycles. The molecule has 0 saturated carbocycles. The van der Waals surface area contributed by atoms with Crippen LogP contribution in [-0.4, -0.2) is 49.6 Å². The topological polar surface area (TPSA) is 87.7 Å². The number of benzene rings is 1. The fraction of sp³-hybridized carbons (Fsp3) is 0.471. The first-order chi connectivity index (χ1) is 11.5. The second-order valence-corrected chi connectivity index (χ2v) is 5.49. The minimum absolute atomic E-state index is 0.00730. The number of nitrogens with zero attached hydrogens (tertiary/aromatic N) is 1. The third kappa shape index (κ3) is 7.23. The number of rotatable bonds is 8. The van der Waals surface area contributed by atoms with E-state index in [1.807, 2.05) is 35.2 Å². The molecular formula is C17H25N3O4. The molecular weight excluding hydrogens is 310 g/mol. The van der Waals surface area contributed by atoms with Crippen molar-refractivity contribution in [3.8, 4) is 0 Å². The molecule has 3 amide bonds. The number of esters is 1. The normalized spacial score (nSPS) is 11.7. The number of ether oxygens (including phenoxy) is 1. The van der Waals surface area contributed by atoms with Crippen LogP contribution in [0.25, 0.3) is 0 Å². The number of methoxy groups -OCH3 is 1. The van der Waals surface area contributed by atoms with Crippen LogP contribution in [0.2, 0.25) is 0 Å². The number of carbonyl (C=O) groups is 3. The van der Waals surface area contributed by atoms with E-state index in [0.717, 1.165) is 5.56 Å². The van der Waals surface area contributed by atoms with Gasteiger partial charge in [-0.2, -0.15) is 0 Å². The first kappa shape index (κ1) is 19.6. The lowest BCUT2D eigenvalue weighted by Crippen LogP contribution is -2.45. The maximum Gasteiger partial charge on any atom is 0.321 e. The van der Waals surface area contributed by atoms with Gasteiger partial charge in [-0.05, 0) is 12.5 Å². The Labute approximate surface area is 142 Å². The van der Waals surface area contributed by atoms with Gasteiger partial charge in [-0.25, -0.2) is 4.79 Å². The minimum Gasteiger partial charge on any atom is -0.469 e. The Morgan fingerprint density at radius 3 is 2.46 bits per heavy atom. The van der Waals surface area contributed by atoms with Gasteiger partial charge in [-0.3, -0.25) is 19.8 Å². The number of urea groups is 1. The second-order valence-electron chi connectivity index (χ2n) is 5.49. The van der Waals surface area contributed by atoms with E-state index < -0.39 is 11.9 Å². The van der Waals surface area contributed by atoms with Crippen LogP contribution < -0.4 is 10.6 Å². The first-order valence-corrected chi connectivity index (χ1v) is 7.88. The Morgan fingerprint density at radius 1 is 1.21 bits per heavy atom. The minimum atomic E-state index is -0.525. The largest absolute Gasteiger partial charge is 0.469 e. The number of imide groups is 1. The molecule has 0 spiro atoms. The van der Waals surface area contributed by atoms with Crippen molar-refractivity contribution in [3.05, 3.63) is 35.9 Å². The van der Waals surface area contributed by atoms with Crippen molar-refractivity contribution in [2.24, 2.45) is 5.92 Å². The zero-order chi connectivity index (χ0) is 17.9. The summed E-state index contributed by atoms with van der Waals surface area (Å²) in [6, 6.07) is 9.09. The van der Waals surface area contributed by atoms with E-state index in [9.17, 15) is 14.4 Å². The Hall–Kier alpha value is -2.41. The third-order valence-electron chi connectivity index (χ3n) is 3.34. The van der Waals surface area contributed by atoms with Crippen LogP contribution in [0.3, 0.4) is 0 Å². The van der Waals surface area contributed by atoms with Crippen LogP contribution in [0, 0.1) is 5.92 Å². The van der Waals surface area contributed by atoms with E-state index in [2.05, 4.69) is 10.6 Å². The Bertz CT molecular complexity index is 548. The summed E-state index contributed by atoms with van der Waals surface area (Å²) in [4.78, 5) is 36.9. The Kier molecular flexibility index (Phi) is 8.49. The summed E-state index contributed by atoms with van der Waals surface area (Å²) in [7, 11) is 1.34. The standard InChI is InChI=1S/C17H25N3O4/c1-4-18-17(23)19-15(21)12-20(10-13(2)16(22)24-3)11-14-8-6-5-7-9-14/h5-9,13H,4,10-12H2,1-3H3,(H2,18,19,21,23). The molecule has 0 heterocycles. The summed E-state index contributed by atoms with van der Waals surface area (Å²) < 4.78 is 4.73. The van der Waals surface area contributed by atoms with E-state index in [1.165, 1.54) is 7.11 Å². The number of carbonyl (C=O) groups excluding carboxylic acids is 3. The number of nitrogens with one attached hydrogen (secondary N) is 2. The van der Waals surface area contributed by atoms with E-state index in [0.29, 0.717) is 19.6 Å². The molecule has 0 saturated heterocycles. The molecule has 1 aromatic rings. The third-order valence-corrected chi connectivity index (χ3v) is 3.34. The van der Waals surface area contributed by atoms with Crippen molar-refractivity contribution in [1.82, 2.24) is 15.5 Å². The van der Waals surface area contributed by atoms with Gasteiger partial charge in [0.25, 0.3) is 0 Å². The second kappa shape index (κ2) is 10.4. The van der Waals surface area contributed by atoms with Gasteiger partial charge in [0, 0.05) is 19.6 Å². The quantitative estimate of drug-likeness (QED) is 0.696. The summed E-state index contributed by atoms with van der Waals surface area (Å²) in [5.41, 5.74) is 1.01. The molecule has 1 atom stereocenters. The maximum atomic E-state index is 12.0. The number of hydrogen-bond donors (Lipinski definition) is 2. The highest BCUT2D eigenvalue weighted by molar-refractivity contribution is 5.95. The van der Waals surface area contributed by atoms with Crippen molar-refractivity contribution in [3.63, 3.8) is 0 Å². The smallest absolute Gasteiger partial charge is 0.321 e. The van der Waals surface area contributed by atoms with Gasteiger partial charge in [-0.15, -0.1) is 0 Å². The molecule has 0 aliphatic rings. The molecule has 7 nitrogen and oxygen atoms in total. The molecule has 0 aliphatic heterocycles. The maximum absolute atomic E-state index is 12.0. The van der Waals surface area contributed by atoms with Crippen LogP contribution in [-0.2, 0) is 20.9 Å². The lowest BCUT2D eigenvalue weighted by atomic mass is 10.1. The zero-order valence-electron chi connectivity index (χ0n) is 14.4. The molecule has 1 unspecified atom stereocenters. The van der Waals surface area contributed by atoms with Gasteiger partial charge >= 0.3 is 12.0 Å². The van der Waals surface area contributed by atoms with E-state index in [4.69, 9.17) is 4.74 Å². The molecule has 0 aliphatic carbocycles. The first-order valence-electron chi connectivity index (χ1n) is 7.88. The van der Waals surface area contributed by atoms with Gasteiger partial charge < -0.3 is 10.1 Å². The fourth-order valence-electron chi connectivity index (χ4n) is 2.26. The Balaban J connectivity index is 2.71. The lowest BCUT2D eigenvalue weighted by molar-refractivity contribution is -0.145. The van der Waals surface area contributed by atoms with Crippen LogP contribution in [0.1, 0.15) is 19.4 Å². The van der Waals surface area contributed by atoms with Gasteiger partial charge in [0.15, 0.2) is 0 Å². The summed E-state index contributed by atoms with van der Waals surface area (Å²) in [6.45, 7) is 4.80. The average molecular weight is 335 g/mol. The molecule has 7 heteroatoms. The van der Waals surface area contributed by atoms with Gasteiger partial charge in [0.05, 0.1) is 19.6 Å². The van der Waals surface area contributed by atoms with E-state index in [-0.39, 0.29) is 18.4 Å². The fourth-order valence-corrected chi connectivity index (χ4v) is 2.26. The SMILES string of the molecule is CCNC(=O)NC(=O)CN(Cc1ccccc1)CC(C)C(=O)OC. The molecule has 24 heavy (non-hydrogen) atoms. The van der Waals surface area contributed by atoms with Gasteiger partial charge in [-0.1, -0.05) is 37.3 Å². The molecule has 0 radical (unpaired) electrons. The van der Waals surface area contributed by atoms with Crippen LogP contribution in [0.5, 0.6) is 0 Å². The summed E-state index contributed by atoms with van der Waals surface area (Å²) in [6.07, 6.45) is 0. The van der Waals surface area contributed by atoms with Crippen LogP contribution >= 0.6 is 0 Å². The predicted octanol–water partition coefficient (Wildman–Crippen LogP) is 1.14. The molecule has 0 bridgehead atoms. The van der Waals surface area contributed by atoms with E-state index >= 15 is 0 Å². The molecule has 132 valence electrons. The van der Waals surface area contributed by atoms with Crippen molar-refractivity contribution in [2.75, 3.05) is 26.7 Å². The van der Waals surface area contributed by atoms with Crippen LogP contribution in [0.4, 0.5) is 4.79 Å². The highest BCUT2D eigenvalue weighted by Crippen LogP contribution is 2.08. The van der Waals surface area contributed by atoms with Crippen molar-refractivity contribution < 1.29 is 19.1 Å². The monoisotopic (exact) mass is 335 g/mol. The molecule has 1 rings (SSSR count). The summed E-state index contributed by atoms with van der Waals surface area (Å²) in [5, 5.41) is 4.77. The van der Waals surface area contributed by atoms with Crippen molar-refractivity contribution in [1.29, 1.82) is 0 Å². The highest BCUT2D eigenvalue weighted by atomic mass is 16.5. The zero-order valence-corrected chi connectivity index (χ0v) is 14.4. The van der Waals surface area contributed by atoms with Crippen LogP contribution in [0.15, 0.2) is 30.3 Å². The number of amides is 3. The van der Waals surface area contributed by atoms with E-state index in [1.54, 1.807) is 13.8 Å². The highest BCUT2D eigenvalue weighted by Gasteiger charge is 2.20. The Morgan fingerprint density at radius 2 is 1.88 bits per heavy atom.